The standard InChI is InChI=1S/C10H9BrClN3O3S/c11-7-1-2-9(8(12)3-7)15-19(17,18)10-6(5-16)4-13-14-10/h1-4,15-16H,5H2,(H,13,14). The molecule has 0 spiro atoms. The molecule has 0 bridgehead atoms. The fourth-order valence-electron chi connectivity index (χ4n) is 1.41. The third kappa shape index (κ3) is 3.08. The molecule has 9 heteroatoms. The lowest BCUT2D eigenvalue weighted by molar-refractivity contribution is 0.278. The molecule has 2 rings (SSSR count). The summed E-state index contributed by atoms with van der Waals surface area (Å²) in [4.78, 5) is 0. The zero-order valence-electron chi connectivity index (χ0n) is 9.39. The smallest absolute Gasteiger partial charge is 0.279 e. The van der Waals surface area contributed by atoms with Crippen molar-refractivity contribution in [3.05, 3.63) is 39.5 Å². The zero-order valence-corrected chi connectivity index (χ0v) is 12.6. The number of hydrogen-bond donors (Lipinski definition) is 3. The summed E-state index contributed by atoms with van der Waals surface area (Å²) in [5.74, 6) is 0. The molecule has 1 aromatic heterocycles. The first-order valence-electron chi connectivity index (χ1n) is 5.05. The number of aliphatic hydroxyl groups excluding tert-OH is 1. The van der Waals surface area contributed by atoms with E-state index in [-0.39, 0.29) is 21.3 Å². The highest BCUT2D eigenvalue weighted by Gasteiger charge is 2.21. The van der Waals surface area contributed by atoms with Crippen LogP contribution in [0.1, 0.15) is 5.56 Å². The summed E-state index contributed by atoms with van der Waals surface area (Å²) in [5.41, 5.74) is 0.420. The normalized spacial score (nSPS) is 11.5. The van der Waals surface area contributed by atoms with Crippen molar-refractivity contribution >= 4 is 43.2 Å². The van der Waals surface area contributed by atoms with Crippen LogP contribution in [0, 0.1) is 0 Å². The van der Waals surface area contributed by atoms with Gasteiger partial charge in [-0.3, -0.25) is 9.82 Å². The Bertz CT molecular complexity index is 702. The Morgan fingerprint density at radius 2 is 2.21 bits per heavy atom. The van der Waals surface area contributed by atoms with Crippen molar-refractivity contribution in [2.45, 2.75) is 11.6 Å². The lowest BCUT2D eigenvalue weighted by atomic mass is 10.3. The van der Waals surface area contributed by atoms with Crippen molar-refractivity contribution < 1.29 is 13.5 Å². The molecule has 0 atom stereocenters. The molecule has 1 aromatic carbocycles. The van der Waals surface area contributed by atoms with E-state index in [9.17, 15) is 8.42 Å². The van der Waals surface area contributed by atoms with Gasteiger partial charge in [0.2, 0.25) is 0 Å². The van der Waals surface area contributed by atoms with Crippen LogP contribution in [0.3, 0.4) is 0 Å². The number of nitrogens with zero attached hydrogens (tertiary/aromatic N) is 1. The maximum atomic E-state index is 12.1. The van der Waals surface area contributed by atoms with Crippen LogP contribution in [-0.2, 0) is 16.6 Å². The predicted octanol–water partition coefficient (Wildman–Crippen LogP) is 2.12. The van der Waals surface area contributed by atoms with Crippen molar-refractivity contribution in [1.82, 2.24) is 10.2 Å². The highest BCUT2D eigenvalue weighted by molar-refractivity contribution is 9.10. The van der Waals surface area contributed by atoms with Gasteiger partial charge in [0.05, 0.1) is 23.5 Å². The number of anilines is 1. The van der Waals surface area contributed by atoms with Gasteiger partial charge in [-0.2, -0.15) is 13.5 Å². The highest BCUT2D eigenvalue weighted by Crippen LogP contribution is 2.27. The molecule has 0 unspecified atom stereocenters. The highest BCUT2D eigenvalue weighted by atomic mass is 79.9. The maximum absolute atomic E-state index is 12.1. The van der Waals surface area contributed by atoms with Gasteiger partial charge in [0, 0.05) is 10.0 Å². The molecule has 0 aliphatic heterocycles. The molecule has 19 heavy (non-hydrogen) atoms. The number of rotatable bonds is 4. The first-order valence-corrected chi connectivity index (χ1v) is 7.70. The number of nitrogens with one attached hydrogen (secondary N) is 2. The molecule has 2 aromatic rings. The van der Waals surface area contributed by atoms with E-state index in [1.54, 1.807) is 12.1 Å². The van der Waals surface area contributed by atoms with E-state index in [1.807, 2.05) is 0 Å². The van der Waals surface area contributed by atoms with E-state index >= 15 is 0 Å². The molecule has 6 nitrogen and oxygen atoms in total. The Morgan fingerprint density at radius 3 is 2.84 bits per heavy atom. The number of aromatic amines is 1. The average molecular weight is 367 g/mol. The molecule has 0 aliphatic carbocycles. The van der Waals surface area contributed by atoms with Gasteiger partial charge >= 0.3 is 0 Å². The zero-order chi connectivity index (χ0) is 14.0. The molecule has 0 aliphatic rings. The second kappa shape index (κ2) is 5.49. The molecular weight excluding hydrogens is 358 g/mol. The molecule has 0 saturated carbocycles. The Hall–Kier alpha value is -1.09. The number of aliphatic hydroxyl groups is 1. The van der Waals surface area contributed by atoms with Crippen molar-refractivity contribution in [2.75, 3.05) is 4.72 Å². The number of hydrogen-bond acceptors (Lipinski definition) is 4. The van der Waals surface area contributed by atoms with Crippen LogP contribution in [0.15, 0.2) is 33.9 Å². The predicted molar refractivity (Wildman–Crippen MR) is 74.5 cm³/mol. The summed E-state index contributed by atoms with van der Waals surface area (Å²) in [6.07, 6.45) is 1.25. The number of sulfonamides is 1. The van der Waals surface area contributed by atoms with Gasteiger partial charge in [-0.15, -0.1) is 0 Å². The monoisotopic (exact) mass is 365 g/mol. The van der Waals surface area contributed by atoms with Crippen LogP contribution in [0.5, 0.6) is 0 Å². The van der Waals surface area contributed by atoms with E-state index < -0.39 is 16.6 Å². The third-order valence-electron chi connectivity index (χ3n) is 2.29. The van der Waals surface area contributed by atoms with E-state index in [4.69, 9.17) is 16.7 Å². The average Bonchev–Trinajstić information content (AvgIpc) is 2.82. The van der Waals surface area contributed by atoms with Gasteiger partial charge in [-0.05, 0) is 18.2 Å². The topological polar surface area (TPSA) is 95.1 Å². The van der Waals surface area contributed by atoms with E-state index in [2.05, 4.69) is 30.8 Å². The van der Waals surface area contributed by atoms with Crippen LogP contribution >= 0.6 is 27.5 Å². The second-order valence-electron chi connectivity index (χ2n) is 3.61. The molecule has 102 valence electrons. The van der Waals surface area contributed by atoms with Crippen LogP contribution in [-0.4, -0.2) is 23.7 Å². The molecule has 0 radical (unpaired) electrons. The molecule has 0 saturated heterocycles. The molecule has 0 amide bonds. The summed E-state index contributed by atoms with van der Waals surface area (Å²) < 4.78 is 27.3. The number of H-pyrrole nitrogens is 1. The quantitative estimate of drug-likeness (QED) is 0.772. The van der Waals surface area contributed by atoms with E-state index in [0.29, 0.717) is 0 Å². The Morgan fingerprint density at radius 1 is 1.47 bits per heavy atom. The molecule has 0 fully saturated rings. The Labute approximate surface area is 123 Å². The van der Waals surface area contributed by atoms with Crippen LogP contribution in [0.4, 0.5) is 5.69 Å². The van der Waals surface area contributed by atoms with Gasteiger partial charge in [-0.1, -0.05) is 27.5 Å². The fraction of sp³-hybridized carbons (Fsp3) is 0.100. The largest absolute Gasteiger partial charge is 0.392 e. The van der Waals surface area contributed by atoms with Crippen LogP contribution < -0.4 is 4.72 Å². The molecule has 3 N–H and O–H groups in total. The van der Waals surface area contributed by atoms with Crippen molar-refractivity contribution in [1.29, 1.82) is 0 Å². The SMILES string of the molecule is O=S(=O)(Nc1ccc(Br)cc1Cl)c1[nH]ncc1CO. The van der Waals surface area contributed by atoms with Gasteiger partial charge in [0.15, 0.2) is 5.03 Å². The summed E-state index contributed by atoms with van der Waals surface area (Å²) >= 11 is 9.17. The van der Waals surface area contributed by atoms with Gasteiger partial charge in [-0.25, -0.2) is 0 Å². The van der Waals surface area contributed by atoms with E-state index in [1.165, 1.54) is 12.3 Å². The third-order valence-corrected chi connectivity index (χ3v) is 4.48. The Kier molecular flexibility index (Phi) is 4.14. The lowest BCUT2D eigenvalue weighted by Gasteiger charge is -2.09. The first-order chi connectivity index (χ1) is 8.94. The molecule has 1 heterocycles. The minimum Gasteiger partial charge on any atom is -0.392 e. The fourth-order valence-corrected chi connectivity index (χ4v) is 3.39. The lowest BCUT2D eigenvalue weighted by Crippen LogP contribution is -2.15. The van der Waals surface area contributed by atoms with E-state index in [0.717, 1.165) is 4.47 Å². The summed E-state index contributed by atoms with van der Waals surface area (Å²) in [6, 6.07) is 4.75. The van der Waals surface area contributed by atoms with Crippen LogP contribution in [0.2, 0.25) is 5.02 Å². The van der Waals surface area contributed by atoms with Gasteiger partial charge in [0.1, 0.15) is 0 Å². The van der Waals surface area contributed by atoms with Gasteiger partial charge < -0.3 is 5.11 Å². The van der Waals surface area contributed by atoms with Crippen molar-refractivity contribution in [3.63, 3.8) is 0 Å². The Balaban J connectivity index is 2.37. The van der Waals surface area contributed by atoms with Crippen molar-refractivity contribution in [3.8, 4) is 0 Å². The minimum atomic E-state index is -3.88. The minimum absolute atomic E-state index is 0.181. The number of benzene rings is 1. The summed E-state index contributed by atoms with van der Waals surface area (Å²) in [5, 5.41) is 15.0. The second-order valence-corrected chi connectivity index (χ2v) is 6.55. The summed E-state index contributed by atoms with van der Waals surface area (Å²) in [7, 11) is -3.88. The van der Waals surface area contributed by atoms with Crippen molar-refractivity contribution in [2.24, 2.45) is 0 Å². The number of aromatic nitrogens is 2. The summed E-state index contributed by atoms with van der Waals surface area (Å²) in [6.45, 7) is -0.430. The molecular formula is C10H9BrClN3O3S. The first kappa shape index (κ1) is 14.3. The number of halogens is 2. The van der Waals surface area contributed by atoms with Crippen LogP contribution in [0.25, 0.3) is 0 Å². The maximum Gasteiger partial charge on any atom is 0.279 e. The van der Waals surface area contributed by atoms with Gasteiger partial charge in [0.25, 0.3) is 10.0 Å².